The minimum atomic E-state index is 0.0840. The fraction of sp³-hybridized carbons (Fsp3) is 0.917. The molecule has 0 aromatic heterocycles. The maximum absolute atomic E-state index is 11.4. The first-order valence-corrected chi connectivity index (χ1v) is 6.52. The summed E-state index contributed by atoms with van der Waals surface area (Å²) >= 11 is 0. The van der Waals surface area contributed by atoms with E-state index in [-0.39, 0.29) is 5.91 Å². The molecule has 0 aromatic carbocycles. The molecule has 1 saturated heterocycles. The zero-order valence-corrected chi connectivity index (χ0v) is 11.0. The van der Waals surface area contributed by atoms with Gasteiger partial charge in [0.2, 0.25) is 5.91 Å². The molecule has 1 heterocycles. The monoisotopic (exact) mass is 243 g/mol. The minimum absolute atomic E-state index is 0.0840. The largest absolute Gasteiger partial charge is 0.379 e. The van der Waals surface area contributed by atoms with E-state index in [4.69, 9.17) is 4.74 Å². The third-order valence-corrected chi connectivity index (χ3v) is 2.82. The van der Waals surface area contributed by atoms with Crippen LogP contribution < -0.4 is 10.6 Å². The maximum atomic E-state index is 11.4. The second-order valence-electron chi connectivity index (χ2n) is 4.54. The van der Waals surface area contributed by atoms with Gasteiger partial charge in [-0.15, -0.1) is 0 Å². The van der Waals surface area contributed by atoms with Crippen LogP contribution in [0.4, 0.5) is 0 Å². The normalized spacial score (nSPS) is 18.9. The van der Waals surface area contributed by atoms with Crippen LogP contribution in [0.25, 0.3) is 0 Å². The van der Waals surface area contributed by atoms with Crippen molar-refractivity contribution in [1.82, 2.24) is 15.5 Å². The summed E-state index contributed by atoms with van der Waals surface area (Å²) in [5.41, 5.74) is 0. The van der Waals surface area contributed by atoms with Crippen LogP contribution in [0, 0.1) is 0 Å². The highest BCUT2D eigenvalue weighted by atomic mass is 16.5. The van der Waals surface area contributed by atoms with Crippen LogP contribution in [0.15, 0.2) is 0 Å². The summed E-state index contributed by atoms with van der Waals surface area (Å²) in [7, 11) is 0. The van der Waals surface area contributed by atoms with Gasteiger partial charge in [-0.05, 0) is 13.3 Å². The van der Waals surface area contributed by atoms with E-state index in [9.17, 15) is 4.79 Å². The molecule has 1 unspecified atom stereocenters. The van der Waals surface area contributed by atoms with Crippen molar-refractivity contribution < 1.29 is 9.53 Å². The molecule has 1 aliphatic rings. The van der Waals surface area contributed by atoms with E-state index in [0.29, 0.717) is 12.6 Å². The number of carbonyl (C=O) groups excluding carboxylic acids is 1. The number of hydrogen-bond donors (Lipinski definition) is 2. The van der Waals surface area contributed by atoms with Gasteiger partial charge in [-0.1, -0.05) is 6.92 Å². The standard InChI is InChI=1S/C12H25N3O2/c1-3-4-13-12(16)9-14-11(2)10-15-5-7-17-8-6-15/h11,14H,3-10H2,1-2H3,(H,13,16). The third kappa shape index (κ3) is 6.61. The zero-order valence-electron chi connectivity index (χ0n) is 11.0. The number of carbonyl (C=O) groups is 1. The highest BCUT2D eigenvalue weighted by Crippen LogP contribution is 1.97. The van der Waals surface area contributed by atoms with Crippen LogP contribution in [0.5, 0.6) is 0 Å². The van der Waals surface area contributed by atoms with E-state index in [2.05, 4.69) is 29.4 Å². The fourth-order valence-corrected chi connectivity index (χ4v) is 1.83. The number of hydrogen-bond acceptors (Lipinski definition) is 4. The van der Waals surface area contributed by atoms with Crippen LogP contribution in [-0.2, 0) is 9.53 Å². The lowest BCUT2D eigenvalue weighted by atomic mass is 10.3. The lowest BCUT2D eigenvalue weighted by Crippen LogP contribution is -2.46. The molecule has 0 spiro atoms. The maximum Gasteiger partial charge on any atom is 0.233 e. The second-order valence-corrected chi connectivity index (χ2v) is 4.54. The summed E-state index contributed by atoms with van der Waals surface area (Å²) in [5, 5.41) is 6.10. The molecule has 2 N–H and O–H groups in total. The van der Waals surface area contributed by atoms with E-state index in [1.54, 1.807) is 0 Å². The molecule has 0 aromatic rings. The predicted molar refractivity (Wildman–Crippen MR) is 68.0 cm³/mol. The molecular weight excluding hydrogens is 218 g/mol. The summed E-state index contributed by atoms with van der Waals surface area (Å²) in [5.74, 6) is 0.0840. The molecule has 0 bridgehead atoms. The van der Waals surface area contributed by atoms with Gasteiger partial charge in [0.1, 0.15) is 0 Å². The van der Waals surface area contributed by atoms with Crippen molar-refractivity contribution in [2.24, 2.45) is 0 Å². The number of morpholine rings is 1. The summed E-state index contributed by atoms with van der Waals surface area (Å²) in [6, 6.07) is 0.334. The molecule has 1 rings (SSSR count). The molecule has 0 radical (unpaired) electrons. The van der Waals surface area contributed by atoms with Crippen LogP contribution in [-0.4, -0.2) is 62.8 Å². The Morgan fingerprint density at radius 1 is 1.41 bits per heavy atom. The van der Waals surface area contributed by atoms with Gasteiger partial charge in [-0.25, -0.2) is 0 Å². The highest BCUT2D eigenvalue weighted by Gasteiger charge is 2.13. The number of nitrogens with one attached hydrogen (secondary N) is 2. The fourth-order valence-electron chi connectivity index (χ4n) is 1.83. The smallest absolute Gasteiger partial charge is 0.233 e. The van der Waals surface area contributed by atoms with Gasteiger partial charge in [-0.2, -0.15) is 0 Å². The quantitative estimate of drug-likeness (QED) is 0.651. The summed E-state index contributed by atoms with van der Waals surface area (Å²) in [6.45, 7) is 9.95. The molecule has 1 aliphatic heterocycles. The first-order chi connectivity index (χ1) is 8.22. The first kappa shape index (κ1) is 14.4. The Labute approximate surface area is 104 Å². The Bertz CT molecular complexity index is 218. The molecular formula is C12H25N3O2. The Hall–Kier alpha value is -0.650. The lowest BCUT2D eigenvalue weighted by Gasteiger charge is -2.29. The molecule has 0 aliphatic carbocycles. The van der Waals surface area contributed by atoms with Crippen LogP contribution >= 0.6 is 0 Å². The Morgan fingerprint density at radius 3 is 2.76 bits per heavy atom. The molecule has 1 fully saturated rings. The van der Waals surface area contributed by atoms with E-state index < -0.39 is 0 Å². The van der Waals surface area contributed by atoms with Crippen molar-refractivity contribution in [2.75, 3.05) is 45.9 Å². The average molecular weight is 243 g/mol. The van der Waals surface area contributed by atoms with Gasteiger partial charge >= 0.3 is 0 Å². The molecule has 0 saturated carbocycles. The number of nitrogens with zero attached hydrogens (tertiary/aromatic N) is 1. The van der Waals surface area contributed by atoms with Crippen molar-refractivity contribution in [2.45, 2.75) is 26.3 Å². The minimum Gasteiger partial charge on any atom is -0.379 e. The summed E-state index contributed by atoms with van der Waals surface area (Å²) in [6.07, 6.45) is 0.981. The predicted octanol–water partition coefficient (Wildman–Crippen LogP) is -0.177. The van der Waals surface area contributed by atoms with Crippen molar-refractivity contribution in [3.8, 4) is 0 Å². The van der Waals surface area contributed by atoms with Gasteiger partial charge < -0.3 is 15.4 Å². The van der Waals surface area contributed by atoms with Crippen molar-refractivity contribution in [3.05, 3.63) is 0 Å². The van der Waals surface area contributed by atoms with Crippen LogP contribution in [0.3, 0.4) is 0 Å². The molecule has 1 atom stereocenters. The Balaban J connectivity index is 2.07. The first-order valence-electron chi connectivity index (χ1n) is 6.52. The van der Waals surface area contributed by atoms with Gasteiger partial charge in [0.15, 0.2) is 0 Å². The van der Waals surface area contributed by atoms with E-state index >= 15 is 0 Å². The van der Waals surface area contributed by atoms with E-state index in [1.807, 2.05) is 0 Å². The molecule has 17 heavy (non-hydrogen) atoms. The number of ether oxygens (including phenoxy) is 1. The van der Waals surface area contributed by atoms with Gasteiger partial charge in [0.05, 0.1) is 19.8 Å². The van der Waals surface area contributed by atoms with Gasteiger partial charge in [0, 0.05) is 32.2 Å². The number of amides is 1. The van der Waals surface area contributed by atoms with Gasteiger partial charge in [-0.3, -0.25) is 9.69 Å². The number of rotatable bonds is 7. The van der Waals surface area contributed by atoms with Crippen LogP contribution in [0.2, 0.25) is 0 Å². The zero-order chi connectivity index (χ0) is 12.5. The van der Waals surface area contributed by atoms with Crippen LogP contribution in [0.1, 0.15) is 20.3 Å². The van der Waals surface area contributed by atoms with Crippen molar-refractivity contribution >= 4 is 5.91 Å². The topological polar surface area (TPSA) is 53.6 Å². The molecule has 1 amide bonds. The van der Waals surface area contributed by atoms with E-state index in [1.165, 1.54) is 0 Å². The second kappa shape index (κ2) is 8.44. The lowest BCUT2D eigenvalue weighted by molar-refractivity contribution is -0.120. The highest BCUT2D eigenvalue weighted by molar-refractivity contribution is 5.77. The summed E-state index contributed by atoms with van der Waals surface area (Å²) in [4.78, 5) is 13.8. The molecule has 5 nitrogen and oxygen atoms in total. The van der Waals surface area contributed by atoms with Crippen molar-refractivity contribution in [1.29, 1.82) is 0 Å². The average Bonchev–Trinajstić information content (AvgIpc) is 2.35. The van der Waals surface area contributed by atoms with Crippen molar-refractivity contribution in [3.63, 3.8) is 0 Å². The molecule has 5 heteroatoms. The summed E-state index contributed by atoms with van der Waals surface area (Å²) < 4.78 is 5.30. The Kier molecular flexibility index (Phi) is 7.16. The Morgan fingerprint density at radius 2 is 2.12 bits per heavy atom. The molecule has 100 valence electrons. The van der Waals surface area contributed by atoms with E-state index in [0.717, 1.165) is 45.8 Å². The SMILES string of the molecule is CCCNC(=O)CNC(C)CN1CCOCC1. The third-order valence-electron chi connectivity index (χ3n) is 2.82. The van der Waals surface area contributed by atoms with Gasteiger partial charge in [0.25, 0.3) is 0 Å².